The van der Waals surface area contributed by atoms with Crippen LogP contribution >= 0.6 is 0 Å². The number of hydrogen-bond acceptors (Lipinski definition) is 14. The summed E-state index contributed by atoms with van der Waals surface area (Å²) < 4.78 is 34.3. The minimum Gasteiger partial charge on any atom is -0.457 e. The zero-order chi connectivity index (χ0) is 49.5. The Morgan fingerprint density at radius 3 is 1.43 bits per heavy atom. The molecule has 11 unspecified atom stereocenters. The molecule has 0 aromatic heterocycles. The van der Waals surface area contributed by atoms with E-state index in [0.717, 1.165) is 57.8 Å². The zero-order valence-corrected chi connectivity index (χ0v) is 42.3. The van der Waals surface area contributed by atoms with Crippen molar-refractivity contribution in [3.8, 4) is 0 Å². The predicted molar refractivity (Wildman–Crippen MR) is 266 cm³/mol. The lowest BCUT2D eigenvalue weighted by atomic mass is 9.98. The number of unbranched alkanes of at least 4 members (excludes halogenated alkanes) is 23. The van der Waals surface area contributed by atoms with E-state index in [4.69, 9.17) is 28.4 Å². The summed E-state index contributed by atoms with van der Waals surface area (Å²) in [4.78, 5) is 13.0. The molecular weight excluding hydrogens is 873 g/mol. The summed E-state index contributed by atoms with van der Waals surface area (Å²) in [5, 5.41) is 72.1. The van der Waals surface area contributed by atoms with E-state index in [1.807, 2.05) is 0 Å². The number of rotatable bonds is 43. The highest BCUT2D eigenvalue weighted by molar-refractivity contribution is 5.69. The summed E-state index contributed by atoms with van der Waals surface area (Å²) in [6.07, 6.45) is 30.7. The third-order valence-electron chi connectivity index (χ3n) is 12.9. The van der Waals surface area contributed by atoms with Gasteiger partial charge in [-0.05, 0) is 51.4 Å². The summed E-state index contributed by atoms with van der Waals surface area (Å²) in [6, 6.07) is 0. The van der Waals surface area contributed by atoms with E-state index in [1.54, 1.807) is 0 Å². The number of allylic oxidation sites excluding steroid dienone is 6. The number of hydrogen-bond donors (Lipinski definition) is 7. The van der Waals surface area contributed by atoms with Crippen LogP contribution in [-0.2, 0) is 33.2 Å². The van der Waals surface area contributed by atoms with Crippen LogP contribution < -0.4 is 0 Å². The standard InChI is InChI=1S/C54H98O14/c1-3-5-7-9-11-13-15-16-17-18-19-20-21-22-23-24-25-26-27-28-30-32-34-36-38-63-40-43(66-46(56)37-35-33-31-29-14-12-10-8-6-4-2)41-64-53-52(62)50(60)48(58)45(68-53)42-65-54-51(61)49(59)47(57)44(39-55)67-54/h15-16,18-19,21-22,43-45,47-55,57-62H,3-14,17,20,23-42H2,1-2H3/b16-15-,19-18-,22-21-. The van der Waals surface area contributed by atoms with Crippen molar-refractivity contribution in [2.45, 2.75) is 268 Å². The van der Waals surface area contributed by atoms with Gasteiger partial charge in [-0.1, -0.05) is 179 Å². The Labute approximate surface area is 410 Å². The Kier molecular flexibility index (Phi) is 38.3. The van der Waals surface area contributed by atoms with Crippen molar-refractivity contribution in [1.82, 2.24) is 0 Å². The first-order valence-electron chi connectivity index (χ1n) is 27.1. The van der Waals surface area contributed by atoms with Crippen LogP contribution in [0.4, 0.5) is 0 Å². The van der Waals surface area contributed by atoms with E-state index in [1.165, 1.54) is 116 Å². The summed E-state index contributed by atoms with van der Waals surface area (Å²) >= 11 is 0. The Balaban J connectivity index is 1.69. The van der Waals surface area contributed by atoms with Gasteiger partial charge in [0, 0.05) is 13.0 Å². The first-order chi connectivity index (χ1) is 33.1. The van der Waals surface area contributed by atoms with Crippen molar-refractivity contribution in [2.75, 3.05) is 33.0 Å². The molecule has 0 bridgehead atoms. The maximum Gasteiger partial charge on any atom is 0.306 e. The van der Waals surface area contributed by atoms with Gasteiger partial charge in [-0.3, -0.25) is 4.79 Å². The molecule has 398 valence electrons. The Morgan fingerprint density at radius 2 is 0.912 bits per heavy atom. The average molecular weight is 971 g/mol. The minimum atomic E-state index is -1.71. The third kappa shape index (κ3) is 28.9. The molecule has 2 aliphatic heterocycles. The fraction of sp³-hybridized carbons (Fsp3) is 0.870. The smallest absolute Gasteiger partial charge is 0.306 e. The van der Waals surface area contributed by atoms with Crippen LogP contribution in [-0.4, -0.2) is 142 Å². The maximum absolute atomic E-state index is 13.0. The quantitative estimate of drug-likeness (QED) is 0.0173. The molecule has 2 heterocycles. The van der Waals surface area contributed by atoms with Crippen molar-refractivity contribution >= 4 is 5.97 Å². The molecule has 2 aliphatic rings. The SMILES string of the molecule is CCCCCCC/C=C\C/C=C\C/C=C\CCCCCCCCCCCOCC(COC1OC(COC2OC(CO)C(O)C(O)C2O)C(O)C(O)C1O)OC(=O)CCCCCCCCCCCC. The lowest BCUT2D eigenvalue weighted by Crippen LogP contribution is -2.61. The van der Waals surface area contributed by atoms with Crippen LogP contribution in [0.2, 0.25) is 0 Å². The zero-order valence-electron chi connectivity index (χ0n) is 42.3. The van der Waals surface area contributed by atoms with Crippen molar-refractivity contribution in [1.29, 1.82) is 0 Å². The van der Waals surface area contributed by atoms with Crippen molar-refractivity contribution in [3.05, 3.63) is 36.5 Å². The Morgan fingerprint density at radius 1 is 0.485 bits per heavy atom. The fourth-order valence-electron chi connectivity index (χ4n) is 8.47. The number of carbonyl (C=O) groups excluding carboxylic acids is 1. The van der Waals surface area contributed by atoms with Gasteiger partial charge in [0.1, 0.15) is 54.9 Å². The second-order valence-corrected chi connectivity index (χ2v) is 19.1. The summed E-state index contributed by atoms with van der Waals surface area (Å²) in [5.74, 6) is -0.380. The highest BCUT2D eigenvalue weighted by Crippen LogP contribution is 2.26. The highest BCUT2D eigenvalue weighted by Gasteiger charge is 2.47. The number of esters is 1. The van der Waals surface area contributed by atoms with Gasteiger partial charge in [-0.25, -0.2) is 0 Å². The number of ether oxygens (including phenoxy) is 6. The third-order valence-corrected chi connectivity index (χ3v) is 12.9. The van der Waals surface area contributed by atoms with E-state index in [0.29, 0.717) is 13.0 Å². The molecule has 0 aromatic carbocycles. The molecule has 0 saturated carbocycles. The Bertz CT molecular complexity index is 1260. The van der Waals surface area contributed by atoms with Gasteiger partial charge in [0.2, 0.25) is 0 Å². The van der Waals surface area contributed by atoms with Gasteiger partial charge in [0.15, 0.2) is 12.6 Å². The molecule has 7 N–H and O–H groups in total. The molecular formula is C54H98O14. The largest absolute Gasteiger partial charge is 0.457 e. The molecule has 0 radical (unpaired) electrons. The molecule has 68 heavy (non-hydrogen) atoms. The number of carbonyl (C=O) groups is 1. The Hall–Kier alpha value is -1.79. The summed E-state index contributed by atoms with van der Waals surface area (Å²) in [5.41, 5.74) is 0. The summed E-state index contributed by atoms with van der Waals surface area (Å²) in [7, 11) is 0. The van der Waals surface area contributed by atoms with Gasteiger partial charge >= 0.3 is 5.97 Å². The normalized spacial score (nSPS) is 26.1. The lowest BCUT2D eigenvalue weighted by Gasteiger charge is -2.42. The number of aliphatic hydroxyl groups excluding tert-OH is 7. The predicted octanol–water partition coefficient (Wildman–Crippen LogP) is 8.58. The molecule has 0 aromatic rings. The monoisotopic (exact) mass is 971 g/mol. The summed E-state index contributed by atoms with van der Waals surface area (Å²) in [6.45, 7) is 3.66. The fourth-order valence-corrected chi connectivity index (χ4v) is 8.47. The molecule has 0 aliphatic carbocycles. The molecule has 11 atom stereocenters. The molecule has 14 nitrogen and oxygen atoms in total. The van der Waals surface area contributed by atoms with Crippen LogP contribution in [0.5, 0.6) is 0 Å². The second kappa shape index (κ2) is 41.8. The van der Waals surface area contributed by atoms with E-state index < -0.39 is 80.7 Å². The van der Waals surface area contributed by atoms with Gasteiger partial charge in [-0.2, -0.15) is 0 Å². The molecule has 2 saturated heterocycles. The highest BCUT2D eigenvalue weighted by atomic mass is 16.7. The average Bonchev–Trinajstić information content (AvgIpc) is 3.33. The molecule has 2 rings (SSSR count). The van der Waals surface area contributed by atoms with E-state index in [2.05, 4.69) is 50.3 Å². The van der Waals surface area contributed by atoms with Gasteiger partial charge in [0.05, 0.1) is 26.4 Å². The van der Waals surface area contributed by atoms with E-state index >= 15 is 0 Å². The maximum atomic E-state index is 13.0. The minimum absolute atomic E-state index is 0.0598. The van der Waals surface area contributed by atoms with E-state index in [9.17, 15) is 40.5 Å². The molecule has 0 amide bonds. The van der Waals surface area contributed by atoms with Gasteiger partial charge in [0.25, 0.3) is 0 Å². The second-order valence-electron chi connectivity index (χ2n) is 19.1. The molecule has 2 fully saturated rings. The van der Waals surface area contributed by atoms with Crippen LogP contribution in [0, 0.1) is 0 Å². The van der Waals surface area contributed by atoms with Crippen LogP contribution in [0.25, 0.3) is 0 Å². The van der Waals surface area contributed by atoms with Crippen LogP contribution in [0.15, 0.2) is 36.5 Å². The molecule has 14 heteroatoms. The first kappa shape index (κ1) is 62.3. The lowest BCUT2D eigenvalue weighted by molar-refractivity contribution is -0.332. The van der Waals surface area contributed by atoms with Crippen molar-refractivity contribution in [2.24, 2.45) is 0 Å². The van der Waals surface area contributed by atoms with E-state index in [-0.39, 0.29) is 25.6 Å². The van der Waals surface area contributed by atoms with Gasteiger partial charge in [-0.15, -0.1) is 0 Å². The van der Waals surface area contributed by atoms with Crippen LogP contribution in [0.3, 0.4) is 0 Å². The first-order valence-corrected chi connectivity index (χ1v) is 27.1. The van der Waals surface area contributed by atoms with Crippen molar-refractivity contribution < 1.29 is 69.0 Å². The molecule has 0 spiro atoms. The topological polar surface area (TPSA) is 214 Å². The van der Waals surface area contributed by atoms with Crippen molar-refractivity contribution in [3.63, 3.8) is 0 Å². The number of aliphatic hydroxyl groups is 7. The van der Waals surface area contributed by atoms with Gasteiger partial charge < -0.3 is 64.2 Å². The van der Waals surface area contributed by atoms with Crippen LogP contribution in [0.1, 0.15) is 200 Å².